The number of nitrogens with one attached hydrogen (secondary N) is 2. The molecule has 3 aromatic heterocycles. The second kappa shape index (κ2) is 5.04. The molecule has 0 atom stereocenters. The number of anilines is 2. The minimum Gasteiger partial charge on any atom is -0.360 e. The lowest BCUT2D eigenvalue weighted by Crippen LogP contribution is -2.05. The average molecular weight is 290 g/mol. The number of aryl methyl sites for hydroxylation is 2. The zero-order chi connectivity index (χ0) is 14.1. The Labute approximate surface area is 119 Å². The molecule has 3 aromatic rings. The predicted octanol–water partition coefficient (Wildman–Crippen LogP) is 2.34. The van der Waals surface area contributed by atoms with E-state index < -0.39 is 0 Å². The van der Waals surface area contributed by atoms with Crippen LogP contribution in [0.1, 0.15) is 16.6 Å². The van der Waals surface area contributed by atoms with Gasteiger partial charge in [-0.1, -0.05) is 5.16 Å². The molecule has 3 rings (SSSR count). The molecule has 0 aliphatic carbocycles. The number of hydrogen-bond donors (Lipinski definition) is 2. The van der Waals surface area contributed by atoms with E-state index in [9.17, 15) is 0 Å². The monoisotopic (exact) mass is 290 g/mol. The molecule has 0 saturated heterocycles. The number of rotatable bonds is 4. The van der Waals surface area contributed by atoms with Gasteiger partial charge in [-0.15, -0.1) is 11.3 Å². The van der Waals surface area contributed by atoms with E-state index in [1.54, 1.807) is 25.3 Å². The van der Waals surface area contributed by atoms with E-state index in [4.69, 9.17) is 4.52 Å². The summed E-state index contributed by atoms with van der Waals surface area (Å²) in [5.74, 6) is 2.51. The van der Waals surface area contributed by atoms with Crippen LogP contribution in [0.25, 0.3) is 10.2 Å². The molecule has 0 bridgehead atoms. The largest absolute Gasteiger partial charge is 0.360 e. The molecular formula is C12H14N6OS. The van der Waals surface area contributed by atoms with E-state index in [-0.39, 0.29) is 0 Å². The smallest absolute Gasteiger partial charge is 0.245 e. The van der Waals surface area contributed by atoms with E-state index >= 15 is 0 Å². The summed E-state index contributed by atoms with van der Waals surface area (Å²) >= 11 is 1.64. The van der Waals surface area contributed by atoms with Crippen LogP contribution in [0.15, 0.2) is 10.6 Å². The number of aromatic nitrogens is 4. The molecular weight excluding hydrogens is 276 g/mol. The minimum absolute atomic E-state index is 0.436. The fraction of sp³-hybridized carbons (Fsp3) is 0.333. The van der Waals surface area contributed by atoms with Crippen LogP contribution in [0.5, 0.6) is 0 Å². The van der Waals surface area contributed by atoms with Gasteiger partial charge >= 0.3 is 0 Å². The molecule has 0 aliphatic heterocycles. The van der Waals surface area contributed by atoms with Gasteiger partial charge in [0.15, 0.2) is 5.82 Å². The van der Waals surface area contributed by atoms with Crippen molar-refractivity contribution in [2.75, 3.05) is 17.7 Å². The summed E-state index contributed by atoms with van der Waals surface area (Å²) in [6.07, 6.45) is 0. The Hall–Kier alpha value is -2.22. The van der Waals surface area contributed by atoms with Gasteiger partial charge in [-0.05, 0) is 19.9 Å². The lowest BCUT2D eigenvalue weighted by atomic mass is 10.3. The zero-order valence-electron chi connectivity index (χ0n) is 11.4. The molecule has 0 radical (unpaired) electrons. The molecule has 20 heavy (non-hydrogen) atoms. The Morgan fingerprint density at radius 1 is 1.25 bits per heavy atom. The van der Waals surface area contributed by atoms with Crippen molar-refractivity contribution in [3.63, 3.8) is 0 Å². The van der Waals surface area contributed by atoms with Crippen molar-refractivity contribution in [3.8, 4) is 0 Å². The van der Waals surface area contributed by atoms with E-state index in [1.807, 2.05) is 0 Å². The predicted molar refractivity (Wildman–Crippen MR) is 78.1 cm³/mol. The molecule has 104 valence electrons. The first-order chi connectivity index (χ1) is 9.65. The van der Waals surface area contributed by atoms with Crippen molar-refractivity contribution in [2.24, 2.45) is 0 Å². The lowest BCUT2D eigenvalue weighted by molar-refractivity contribution is 0.379. The summed E-state index contributed by atoms with van der Waals surface area (Å²) in [6.45, 7) is 4.28. The summed E-state index contributed by atoms with van der Waals surface area (Å²) in [4.78, 5) is 15.2. The molecule has 0 aromatic carbocycles. The van der Waals surface area contributed by atoms with Crippen LogP contribution in [-0.2, 0) is 6.54 Å². The third-order valence-electron chi connectivity index (χ3n) is 2.72. The first-order valence-electron chi connectivity index (χ1n) is 6.14. The Balaban J connectivity index is 1.92. The molecule has 0 saturated carbocycles. The van der Waals surface area contributed by atoms with Crippen molar-refractivity contribution in [1.82, 2.24) is 20.1 Å². The van der Waals surface area contributed by atoms with Gasteiger partial charge in [0.1, 0.15) is 10.6 Å². The van der Waals surface area contributed by atoms with Crippen molar-refractivity contribution in [3.05, 3.63) is 22.7 Å². The number of thiophene rings is 1. The lowest BCUT2D eigenvalue weighted by Gasteiger charge is -2.06. The molecule has 2 N–H and O–H groups in total. The zero-order valence-corrected chi connectivity index (χ0v) is 12.2. The Kier molecular flexibility index (Phi) is 3.23. The van der Waals surface area contributed by atoms with Crippen molar-refractivity contribution in [1.29, 1.82) is 0 Å². The Bertz CT molecular complexity index is 750. The van der Waals surface area contributed by atoms with E-state index in [1.165, 1.54) is 4.88 Å². The molecule has 7 nitrogen and oxygen atoms in total. The fourth-order valence-corrected chi connectivity index (χ4v) is 2.74. The maximum Gasteiger partial charge on any atom is 0.245 e. The van der Waals surface area contributed by atoms with Crippen LogP contribution in [0.2, 0.25) is 0 Å². The highest BCUT2D eigenvalue weighted by Gasteiger charge is 2.11. The summed E-state index contributed by atoms with van der Waals surface area (Å²) in [5, 5.41) is 11.0. The van der Waals surface area contributed by atoms with Crippen LogP contribution in [-0.4, -0.2) is 27.2 Å². The van der Waals surface area contributed by atoms with Crippen molar-refractivity contribution < 1.29 is 4.52 Å². The summed E-state index contributed by atoms with van der Waals surface area (Å²) < 4.78 is 5.08. The van der Waals surface area contributed by atoms with Gasteiger partial charge in [-0.3, -0.25) is 0 Å². The molecule has 0 amide bonds. The third-order valence-corrected chi connectivity index (χ3v) is 3.66. The standard InChI is InChI=1S/C12H14N6OS/c1-6-4-8-10(14-5-9-15-7(2)18-19-9)16-12(13-3)17-11(8)20-6/h4H,5H2,1-3H3,(H2,13,14,16,17). The van der Waals surface area contributed by atoms with E-state index in [0.717, 1.165) is 16.0 Å². The molecule has 0 spiro atoms. The maximum atomic E-state index is 5.08. The summed E-state index contributed by atoms with van der Waals surface area (Å²) in [5.41, 5.74) is 0. The normalized spacial score (nSPS) is 10.9. The van der Waals surface area contributed by atoms with Gasteiger partial charge in [-0.2, -0.15) is 9.97 Å². The molecule has 0 fully saturated rings. The van der Waals surface area contributed by atoms with Crippen LogP contribution < -0.4 is 10.6 Å². The quantitative estimate of drug-likeness (QED) is 0.762. The molecule has 0 unspecified atom stereocenters. The van der Waals surface area contributed by atoms with Crippen LogP contribution in [0, 0.1) is 13.8 Å². The van der Waals surface area contributed by atoms with Gasteiger partial charge in [0.05, 0.1) is 11.9 Å². The van der Waals surface area contributed by atoms with Crippen LogP contribution in [0.3, 0.4) is 0 Å². The van der Waals surface area contributed by atoms with E-state index in [2.05, 4.69) is 43.7 Å². The van der Waals surface area contributed by atoms with Crippen molar-refractivity contribution >= 4 is 33.3 Å². The second-order valence-electron chi connectivity index (χ2n) is 4.31. The second-order valence-corrected chi connectivity index (χ2v) is 5.55. The van der Waals surface area contributed by atoms with Gasteiger partial charge < -0.3 is 15.2 Å². The number of nitrogens with zero attached hydrogens (tertiary/aromatic N) is 4. The molecule has 0 aliphatic rings. The summed E-state index contributed by atoms with van der Waals surface area (Å²) in [7, 11) is 1.80. The minimum atomic E-state index is 0.436. The first-order valence-corrected chi connectivity index (χ1v) is 6.96. The molecule has 3 heterocycles. The van der Waals surface area contributed by atoms with Gasteiger partial charge in [0.25, 0.3) is 0 Å². The highest BCUT2D eigenvalue weighted by molar-refractivity contribution is 7.18. The highest BCUT2D eigenvalue weighted by atomic mass is 32.1. The fourth-order valence-electron chi connectivity index (χ4n) is 1.86. The van der Waals surface area contributed by atoms with E-state index in [0.29, 0.717) is 24.2 Å². The SMILES string of the molecule is CNc1nc(NCc2nc(C)no2)c2cc(C)sc2n1. The average Bonchev–Trinajstić information content (AvgIpc) is 3.00. The van der Waals surface area contributed by atoms with Gasteiger partial charge in [0.2, 0.25) is 11.8 Å². The molecule has 8 heteroatoms. The number of hydrogen-bond acceptors (Lipinski definition) is 8. The van der Waals surface area contributed by atoms with Crippen LogP contribution >= 0.6 is 11.3 Å². The highest BCUT2D eigenvalue weighted by Crippen LogP contribution is 2.29. The summed E-state index contributed by atoms with van der Waals surface area (Å²) in [6, 6.07) is 2.07. The van der Waals surface area contributed by atoms with Crippen molar-refractivity contribution in [2.45, 2.75) is 20.4 Å². The Morgan fingerprint density at radius 3 is 2.80 bits per heavy atom. The Morgan fingerprint density at radius 2 is 2.10 bits per heavy atom. The van der Waals surface area contributed by atoms with Gasteiger partial charge in [0, 0.05) is 11.9 Å². The van der Waals surface area contributed by atoms with Gasteiger partial charge in [-0.25, -0.2) is 4.98 Å². The first kappa shape index (κ1) is 12.8. The van der Waals surface area contributed by atoms with Crippen LogP contribution in [0.4, 0.5) is 11.8 Å². The topological polar surface area (TPSA) is 88.8 Å². The third kappa shape index (κ3) is 2.42. The maximum absolute atomic E-state index is 5.08. The number of fused-ring (bicyclic) bond motifs is 1.